The molecule has 68 heavy (non-hydrogen) atoms. The predicted octanol–water partition coefficient (Wildman–Crippen LogP) is 20.3. The van der Waals surface area contributed by atoms with Gasteiger partial charge in [-0.3, -0.25) is 14.4 Å². The van der Waals surface area contributed by atoms with Crippen molar-refractivity contribution >= 4 is 17.9 Å². The van der Waals surface area contributed by atoms with Gasteiger partial charge in [-0.25, -0.2) is 0 Å². The lowest BCUT2D eigenvalue weighted by Crippen LogP contribution is -2.30. The maximum atomic E-state index is 12.9. The molecule has 0 fully saturated rings. The van der Waals surface area contributed by atoms with E-state index >= 15 is 0 Å². The first kappa shape index (κ1) is 65.9. The van der Waals surface area contributed by atoms with Gasteiger partial charge in [0.2, 0.25) is 0 Å². The fourth-order valence-electron chi connectivity index (χ4n) is 9.12. The molecular weight excluding hydrogens is 841 g/mol. The molecule has 0 aromatic heterocycles. The highest BCUT2D eigenvalue weighted by atomic mass is 16.6. The van der Waals surface area contributed by atoms with Crippen LogP contribution in [-0.4, -0.2) is 37.2 Å². The van der Waals surface area contributed by atoms with Crippen molar-refractivity contribution in [3.8, 4) is 0 Å². The molecule has 0 unspecified atom stereocenters. The van der Waals surface area contributed by atoms with Crippen LogP contribution in [0.4, 0.5) is 0 Å². The van der Waals surface area contributed by atoms with E-state index in [1.807, 2.05) is 0 Å². The Kier molecular flexibility index (Phi) is 55.7. The zero-order chi connectivity index (χ0) is 49.3. The van der Waals surface area contributed by atoms with Gasteiger partial charge >= 0.3 is 17.9 Å². The summed E-state index contributed by atoms with van der Waals surface area (Å²) >= 11 is 0. The third-order valence-corrected chi connectivity index (χ3v) is 13.7. The van der Waals surface area contributed by atoms with Crippen LogP contribution in [0.1, 0.15) is 335 Å². The number of hydrogen-bond acceptors (Lipinski definition) is 6. The molecule has 0 N–H and O–H groups in total. The molecule has 0 rings (SSSR count). The standard InChI is InChI=1S/C62H116O6/c1-4-7-10-13-16-19-22-25-28-30-32-34-37-40-43-46-49-52-55-61(64)67-58-59(57-66-60(63)54-51-48-45-42-39-36-33-27-24-21-18-15-12-9-6-3)68-62(65)56-53-50-47-44-41-38-35-31-29-26-23-20-17-14-11-8-5-2/h17,20,26,29,59H,4-16,18-19,21-25,27-28,30-58H2,1-3H3/b20-17-,29-26-/t59-/m1/s1. The highest BCUT2D eigenvalue weighted by Crippen LogP contribution is 2.17. The van der Waals surface area contributed by atoms with Crippen LogP contribution in [0.25, 0.3) is 0 Å². The van der Waals surface area contributed by atoms with Gasteiger partial charge in [0.15, 0.2) is 6.10 Å². The maximum Gasteiger partial charge on any atom is 0.306 e. The van der Waals surface area contributed by atoms with Gasteiger partial charge in [-0.2, -0.15) is 0 Å². The van der Waals surface area contributed by atoms with Gasteiger partial charge in [0.05, 0.1) is 0 Å². The summed E-state index contributed by atoms with van der Waals surface area (Å²) in [5, 5.41) is 0. The van der Waals surface area contributed by atoms with Crippen LogP contribution in [-0.2, 0) is 28.6 Å². The molecule has 0 saturated carbocycles. The van der Waals surface area contributed by atoms with Gasteiger partial charge in [-0.1, -0.05) is 289 Å². The van der Waals surface area contributed by atoms with E-state index in [-0.39, 0.29) is 31.1 Å². The lowest BCUT2D eigenvalue weighted by Gasteiger charge is -2.18. The van der Waals surface area contributed by atoms with Crippen molar-refractivity contribution in [2.45, 2.75) is 341 Å². The number of ether oxygens (including phenoxy) is 3. The van der Waals surface area contributed by atoms with Crippen molar-refractivity contribution in [3.63, 3.8) is 0 Å². The first-order valence-corrected chi connectivity index (χ1v) is 30.3. The van der Waals surface area contributed by atoms with Crippen LogP contribution < -0.4 is 0 Å². The van der Waals surface area contributed by atoms with Crippen LogP contribution in [0.15, 0.2) is 24.3 Å². The smallest absolute Gasteiger partial charge is 0.306 e. The zero-order valence-corrected chi connectivity index (χ0v) is 45.9. The highest BCUT2D eigenvalue weighted by molar-refractivity contribution is 5.71. The van der Waals surface area contributed by atoms with Crippen molar-refractivity contribution < 1.29 is 28.6 Å². The fraction of sp³-hybridized carbons (Fsp3) is 0.887. The topological polar surface area (TPSA) is 78.9 Å². The minimum Gasteiger partial charge on any atom is -0.462 e. The van der Waals surface area contributed by atoms with E-state index in [4.69, 9.17) is 14.2 Å². The minimum atomic E-state index is -0.771. The van der Waals surface area contributed by atoms with Gasteiger partial charge in [-0.05, 0) is 51.4 Å². The molecule has 400 valence electrons. The molecule has 6 heteroatoms. The molecule has 0 saturated heterocycles. The Morgan fingerprint density at radius 1 is 0.294 bits per heavy atom. The van der Waals surface area contributed by atoms with E-state index in [1.165, 1.54) is 225 Å². The largest absolute Gasteiger partial charge is 0.462 e. The number of carbonyl (C=O) groups is 3. The van der Waals surface area contributed by atoms with Gasteiger partial charge in [0, 0.05) is 19.3 Å². The van der Waals surface area contributed by atoms with E-state index in [2.05, 4.69) is 45.1 Å². The lowest BCUT2D eigenvalue weighted by molar-refractivity contribution is -0.167. The summed E-state index contributed by atoms with van der Waals surface area (Å²) < 4.78 is 16.9. The summed E-state index contributed by atoms with van der Waals surface area (Å²) in [6.07, 6.45) is 67.4. The van der Waals surface area contributed by atoms with E-state index < -0.39 is 6.10 Å². The molecule has 0 spiro atoms. The number of unbranched alkanes of at least 4 members (excludes halogenated alkanes) is 41. The lowest BCUT2D eigenvalue weighted by atomic mass is 10.0. The van der Waals surface area contributed by atoms with Crippen molar-refractivity contribution in [2.24, 2.45) is 0 Å². The summed E-state index contributed by atoms with van der Waals surface area (Å²) in [4.78, 5) is 38.2. The molecule has 1 atom stereocenters. The summed E-state index contributed by atoms with van der Waals surface area (Å²) in [5.74, 6) is -0.851. The Hall–Kier alpha value is -2.11. The second kappa shape index (κ2) is 57.5. The quantitative estimate of drug-likeness (QED) is 0.0262. The van der Waals surface area contributed by atoms with Gasteiger partial charge in [0.25, 0.3) is 0 Å². The molecular formula is C62H116O6. The Morgan fingerprint density at radius 2 is 0.529 bits per heavy atom. The zero-order valence-electron chi connectivity index (χ0n) is 45.9. The molecule has 0 aliphatic heterocycles. The van der Waals surface area contributed by atoms with E-state index in [9.17, 15) is 14.4 Å². The summed E-state index contributed by atoms with van der Waals surface area (Å²) in [6, 6.07) is 0. The second-order valence-corrected chi connectivity index (χ2v) is 20.6. The van der Waals surface area contributed by atoms with Crippen LogP contribution in [0.5, 0.6) is 0 Å². The van der Waals surface area contributed by atoms with Crippen LogP contribution in [0, 0.1) is 0 Å². The number of hydrogen-bond donors (Lipinski definition) is 0. The molecule has 0 heterocycles. The molecule has 0 aromatic carbocycles. The third-order valence-electron chi connectivity index (χ3n) is 13.7. The maximum absolute atomic E-state index is 12.9. The normalized spacial score (nSPS) is 12.1. The van der Waals surface area contributed by atoms with E-state index in [0.717, 1.165) is 70.6 Å². The van der Waals surface area contributed by atoms with E-state index in [1.54, 1.807) is 0 Å². The fourth-order valence-corrected chi connectivity index (χ4v) is 9.12. The Bertz CT molecular complexity index is 1100. The highest BCUT2D eigenvalue weighted by Gasteiger charge is 2.19. The number of rotatable bonds is 56. The average molecular weight is 958 g/mol. The number of carbonyl (C=O) groups excluding carboxylic acids is 3. The molecule has 0 aromatic rings. The Labute approximate surface area is 423 Å². The third kappa shape index (κ3) is 54.8. The number of allylic oxidation sites excluding steroid dienone is 4. The minimum absolute atomic E-state index is 0.0687. The molecule has 0 radical (unpaired) electrons. The van der Waals surface area contributed by atoms with Crippen LogP contribution in [0.3, 0.4) is 0 Å². The van der Waals surface area contributed by atoms with Crippen molar-refractivity contribution in [3.05, 3.63) is 24.3 Å². The Balaban J connectivity index is 4.32. The molecule has 0 amide bonds. The van der Waals surface area contributed by atoms with E-state index in [0.29, 0.717) is 19.3 Å². The summed E-state index contributed by atoms with van der Waals surface area (Å²) in [5.41, 5.74) is 0. The monoisotopic (exact) mass is 957 g/mol. The summed E-state index contributed by atoms with van der Waals surface area (Å²) in [6.45, 7) is 6.67. The molecule has 0 aliphatic rings. The second-order valence-electron chi connectivity index (χ2n) is 20.6. The first-order chi connectivity index (χ1) is 33.5. The van der Waals surface area contributed by atoms with Crippen molar-refractivity contribution in [2.75, 3.05) is 13.2 Å². The van der Waals surface area contributed by atoms with Crippen molar-refractivity contribution in [1.29, 1.82) is 0 Å². The first-order valence-electron chi connectivity index (χ1n) is 30.3. The summed E-state index contributed by atoms with van der Waals surface area (Å²) in [7, 11) is 0. The van der Waals surface area contributed by atoms with Gasteiger partial charge in [0.1, 0.15) is 13.2 Å². The van der Waals surface area contributed by atoms with Crippen LogP contribution >= 0.6 is 0 Å². The average Bonchev–Trinajstić information content (AvgIpc) is 3.34. The van der Waals surface area contributed by atoms with Gasteiger partial charge < -0.3 is 14.2 Å². The molecule has 0 bridgehead atoms. The predicted molar refractivity (Wildman–Crippen MR) is 293 cm³/mol. The molecule has 0 aliphatic carbocycles. The van der Waals surface area contributed by atoms with Crippen molar-refractivity contribution in [1.82, 2.24) is 0 Å². The SMILES string of the molecule is CCCCC/C=C\C/C=C\CCCCCCCCCC(=O)O[C@H](COC(=O)CCCCCCCCCCCCCCCCC)COC(=O)CCCCCCCCCCCCCCCCCCCC. The molecule has 6 nitrogen and oxygen atoms in total. The van der Waals surface area contributed by atoms with Crippen LogP contribution in [0.2, 0.25) is 0 Å². The van der Waals surface area contributed by atoms with Gasteiger partial charge in [-0.15, -0.1) is 0 Å². The number of esters is 3. The Morgan fingerprint density at radius 3 is 0.838 bits per heavy atom.